The topological polar surface area (TPSA) is 46.7 Å². The average molecular weight is 318 g/mol. The molecule has 0 aliphatic rings. The summed E-state index contributed by atoms with van der Waals surface area (Å²) in [6, 6.07) is 9.01. The summed E-state index contributed by atoms with van der Waals surface area (Å²) in [5.74, 6) is 0.184. The molecule has 0 bridgehead atoms. The van der Waals surface area contributed by atoms with Crippen molar-refractivity contribution in [3.8, 4) is 5.75 Å². The second-order valence-corrected chi connectivity index (χ2v) is 5.96. The third kappa shape index (κ3) is 5.28. The fraction of sp³-hybridized carbons (Fsp3) is 0.0833. The number of phenols is 1. The summed E-state index contributed by atoms with van der Waals surface area (Å²) in [6.07, 6.45) is 3.34. The molecular formula is C12H11Cl2N2OTi-. The number of hydrogen-bond donors (Lipinski definition) is 1. The normalized spacial score (nSPS) is 9.94. The molecule has 0 saturated carbocycles. The Morgan fingerprint density at radius 3 is 2.67 bits per heavy atom. The van der Waals surface area contributed by atoms with Crippen molar-refractivity contribution in [1.29, 1.82) is 0 Å². The Morgan fingerprint density at radius 2 is 2.06 bits per heavy atom. The molecule has 0 spiro atoms. The van der Waals surface area contributed by atoms with E-state index in [1.54, 1.807) is 18.5 Å². The molecule has 0 fully saturated rings. The molecule has 18 heavy (non-hydrogen) atoms. The Hall–Kier alpha value is -0.736. The quantitative estimate of drug-likeness (QED) is 0.676. The molecule has 94 valence electrons. The van der Waals surface area contributed by atoms with Crippen LogP contribution < -0.4 is 4.98 Å². The van der Waals surface area contributed by atoms with Gasteiger partial charge in [0, 0.05) is 6.21 Å². The number of halogens is 2. The molecule has 0 amide bonds. The predicted octanol–water partition coefficient (Wildman–Crippen LogP) is 3.78. The van der Waals surface area contributed by atoms with E-state index in [9.17, 15) is 5.11 Å². The van der Waals surface area contributed by atoms with E-state index in [-0.39, 0.29) is 5.75 Å². The van der Waals surface area contributed by atoms with E-state index in [1.807, 2.05) is 31.2 Å². The van der Waals surface area contributed by atoms with Gasteiger partial charge in [-0.25, -0.2) is 0 Å². The Bertz CT molecular complexity index is 501. The van der Waals surface area contributed by atoms with Crippen molar-refractivity contribution in [3.63, 3.8) is 0 Å². The van der Waals surface area contributed by atoms with E-state index in [0.29, 0.717) is 5.69 Å². The molecule has 1 aromatic heterocycles. The van der Waals surface area contributed by atoms with Gasteiger partial charge in [0.05, 0.1) is 0 Å². The molecule has 0 aliphatic heterocycles. The molecule has 0 saturated heterocycles. The Balaban J connectivity index is 0.000000492. The zero-order valence-corrected chi connectivity index (χ0v) is 12.7. The molecule has 0 unspecified atom stereocenters. The van der Waals surface area contributed by atoms with Crippen molar-refractivity contribution in [2.75, 3.05) is 0 Å². The van der Waals surface area contributed by atoms with Gasteiger partial charge in [0.1, 0.15) is 11.4 Å². The zero-order chi connectivity index (χ0) is 13.4. The van der Waals surface area contributed by atoms with Crippen LogP contribution in [0, 0.1) is 6.92 Å². The van der Waals surface area contributed by atoms with Gasteiger partial charge in [0.25, 0.3) is 0 Å². The van der Waals surface area contributed by atoms with Crippen LogP contribution in [0.4, 0.5) is 5.69 Å². The summed E-state index contributed by atoms with van der Waals surface area (Å²) >= 11 is -0.556. The SMILES string of the molecule is Cc1ccc(O)c(N=Cc2ccc[n-]2)c1.[Cl][Ti][Cl]. The molecule has 2 aromatic rings. The van der Waals surface area contributed by atoms with Gasteiger partial charge in [-0.2, -0.15) is 6.20 Å². The number of hydrogen-bond acceptors (Lipinski definition) is 2. The first-order valence-electron chi connectivity index (χ1n) is 5.05. The van der Waals surface area contributed by atoms with Crippen LogP contribution in [0.25, 0.3) is 0 Å². The molecule has 0 atom stereocenters. The summed E-state index contributed by atoms with van der Waals surface area (Å²) in [5.41, 5.74) is 2.42. The fourth-order valence-electron chi connectivity index (χ4n) is 1.26. The number of nitrogens with zero attached hydrogens (tertiary/aromatic N) is 2. The Morgan fingerprint density at radius 1 is 1.33 bits per heavy atom. The molecular weight excluding hydrogens is 307 g/mol. The fourth-order valence-corrected chi connectivity index (χ4v) is 1.26. The minimum absolute atomic E-state index is 0.184. The van der Waals surface area contributed by atoms with Gasteiger partial charge in [-0.05, 0) is 24.6 Å². The Labute approximate surface area is 123 Å². The van der Waals surface area contributed by atoms with Gasteiger partial charge in [0.15, 0.2) is 0 Å². The van der Waals surface area contributed by atoms with Gasteiger partial charge in [-0.3, -0.25) is 4.99 Å². The summed E-state index contributed by atoms with van der Waals surface area (Å²) in [4.78, 5) is 8.22. The van der Waals surface area contributed by atoms with Gasteiger partial charge in [-0.1, -0.05) is 18.2 Å². The van der Waals surface area contributed by atoms with Gasteiger partial charge >= 0.3 is 35.6 Å². The van der Waals surface area contributed by atoms with E-state index in [0.717, 1.165) is 11.3 Å². The molecule has 3 nitrogen and oxygen atoms in total. The van der Waals surface area contributed by atoms with Crippen LogP contribution in [-0.2, 0) is 17.0 Å². The maximum atomic E-state index is 9.53. The summed E-state index contributed by atoms with van der Waals surface area (Å²) in [6.45, 7) is 1.96. The summed E-state index contributed by atoms with van der Waals surface area (Å²) in [7, 11) is 9.78. The second-order valence-electron chi connectivity index (χ2n) is 3.38. The first-order chi connectivity index (χ1) is 8.67. The number of benzene rings is 1. The second kappa shape index (κ2) is 8.38. The van der Waals surface area contributed by atoms with E-state index in [1.165, 1.54) is 0 Å². The maximum absolute atomic E-state index is 9.53. The molecule has 1 heterocycles. The van der Waals surface area contributed by atoms with Gasteiger partial charge in [-0.15, -0.1) is 5.69 Å². The monoisotopic (exact) mass is 317 g/mol. The molecule has 6 heteroatoms. The third-order valence-electron chi connectivity index (χ3n) is 2.04. The predicted molar refractivity (Wildman–Crippen MR) is 71.6 cm³/mol. The van der Waals surface area contributed by atoms with Crippen molar-refractivity contribution < 1.29 is 22.1 Å². The molecule has 0 aliphatic carbocycles. The van der Waals surface area contributed by atoms with Crippen LogP contribution in [0.1, 0.15) is 11.3 Å². The van der Waals surface area contributed by atoms with Crippen LogP contribution in [0.2, 0.25) is 0 Å². The van der Waals surface area contributed by atoms with Crippen LogP contribution in [0.5, 0.6) is 5.75 Å². The van der Waals surface area contributed by atoms with Crippen molar-refractivity contribution >= 4 is 30.5 Å². The average Bonchev–Trinajstić information content (AvgIpc) is 2.84. The standard InChI is InChI=1S/C12H11N2O.2ClH.Ti/c1-9-4-5-12(15)11(7-9)14-8-10-3-2-6-13-10;;;/h2-8H,1H3,(H-,13,14,15);2*1H;/q-1;;;+2/p-2. The number of phenolic OH excluding ortho intramolecular Hbond substituents is 1. The van der Waals surface area contributed by atoms with Gasteiger partial charge < -0.3 is 10.1 Å². The van der Waals surface area contributed by atoms with Crippen LogP contribution in [-0.4, -0.2) is 11.3 Å². The number of aromatic hydroxyl groups is 1. The molecule has 2 rings (SSSR count). The Kier molecular flexibility index (Phi) is 7.13. The summed E-state index contributed by atoms with van der Waals surface area (Å²) < 4.78 is 0. The van der Waals surface area contributed by atoms with Crippen LogP contribution in [0.15, 0.2) is 41.5 Å². The number of aliphatic imine (C=N–C) groups is 1. The van der Waals surface area contributed by atoms with Crippen molar-refractivity contribution in [1.82, 2.24) is 4.98 Å². The van der Waals surface area contributed by atoms with E-state index in [4.69, 9.17) is 18.6 Å². The number of aromatic nitrogens is 1. The third-order valence-corrected chi connectivity index (χ3v) is 2.04. The molecule has 1 N–H and O–H groups in total. The molecule has 0 radical (unpaired) electrons. The van der Waals surface area contributed by atoms with Crippen LogP contribution in [0.3, 0.4) is 0 Å². The zero-order valence-electron chi connectivity index (χ0n) is 9.64. The van der Waals surface area contributed by atoms with E-state index < -0.39 is 17.0 Å². The first-order valence-corrected chi connectivity index (χ1v) is 9.34. The van der Waals surface area contributed by atoms with Crippen molar-refractivity contribution in [2.24, 2.45) is 4.99 Å². The van der Waals surface area contributed by atoms with E-state index >= 15 is 0 Å². The number of aryl methyl sites for hydroxylation is 1. The first kappa shape index (κ1) is 15.3. The molecule has 1 aromatic carbocycles. The van der Waals surface area contributed by atoms with E-state index in [2.05, 4.69) is 9.98 Å². The van der Waals surface area contributed by atoms with Crippen molar-refractivity contribution in [2.45, 2.75) is 6.92 Å². The minimum atomic E-state index is -0.556. The van der Waals surface area contributed by atoms with Crippen LogP contribution >= 0.6 is 18.6 Å². The van der Waals surface area contributed by atoms with Crippen molar-refractivity contribution in [3.05, 3.63) is 47.8 Å². The summed E-state index contributed by atoms with van der Waals surface area (Å²) in [5, 5.41) is 9.53. The number of rotatable bonds is 2. The van der Waals surface area contributed by atoms with Gasteiger partial charge in [0.2, 0.25) is 0 Å².